The molecule has 2 N–H and O–H groups in total. The molecule has 0 unspecified atom stereocenters. The minimum atomic E-state index is -3.12. The fourth-order valence-corrected chi connectivity index (χ4v) is 4.71. The number of carbonyl (C=O) groups is 3. The molecule has 0 bridgehead atoms. The van der Waals surface area contributed by atoms with Gasteiger partial charge in [0.1, 0.15) is 11.7 Å². The summed E-state index contributed by atoms with van der Waals surface area (Å²) in [5.74, 6) is -4.58. The highest BCUT2D eigenvalue weighted by Gasteiger charge is 2.47. The number of amides is 3. The zero-order chi connectivity index (χ0) is 26.4. The third kappa shape index (κ3) is 6.95. The predicted octanol–water partition coefficient (Wildman–Crippen LogP) is 3.40. The molecule has 0 saturated carbocycles. The van der Waals surface area contributed by atoms with Crippen LogP contribution in [0.15, 0.2) is 60.0 Å². The van der Waals surface area contributed by atoms with Crippen LogP contribution in [0.1, 0.15) is 33.0 Å². The van der Waals surface area contributed by atoms with E-state index in [4.69, 9.17) is 5.26 Å². The van der Waals surface area contributed by atoms with Gasteiger partial charge in [-0.3, -0.25) is 14.4 Å². The maximum absolute atomic E-state index is 13.5. The van der Waals surface area contributed by atoms with Gasteiger partial charge in [0.05, 0.1) is 30.6 Å². The Kier molecular flexibility index (Phi) is 7.89. The van der Waals surface area contributed by atoms with Crippen molar-refractivity contribution in [2.24, 2.45) is 0 Å². The standard InChI is InChI=1S/C26H23F2N5O3S/c27-26(28)12-20(13-29)33(16-26)24(35)14-30-25(36)21-15-37-23(32-21)11-18-6-8-19(9-7-18)31-22(34)10-17-4-2-1-3-5-17/h1-9,15,20H,10-12,14,16H2,(H,30,36)(H,31,34)/t20-/m0/s1. The predicted molar refractivity (Wildman–Crippen MR) is 133 cm³/mol. The second kappa shape index (κ2) is 11.3. The molecule has 8 nitrogen and oxygen atoms in total. The Labute approximate surface area is 215 Å². The van der Waals surface area contributed by atoms with Crippen molar-refractivity contribution in [1.82, 2.24) is 15.2 Å². The lowest BCUT2D eigenvalue weighted by atomic mass is 10.1. The first-order valence-corrected chi connectivity index (χ1v) is 12.3. The van der Waals surface area contributed by atoms with Gasteiger partial charge < -0.3 is 15.5 Å². The molecule has 2 aromatic carbocycles. The van der Waals surface area contributed by atoms with Crippen molar-refractivity contribution < 1.29 is 23.2 Å². The summed E-state index contributed by atoms with van der Waals surface area (Å²) in [6.45, 7) is -1.34. The summed E-state index contributed by atoms with van der Waals surface area (Å²) >= 11 is 1.27. The summed E-state index contributed by atoms with van der Waals surface area (Å²) in [6, 6.07) is 17.2. The molecule has 4 rings (SSSR count). The van der Waals surface area contributed by atoms with Crippen molar-refractivity contribution in [3.63, 3.8) is 0 Å². The van der Waals surface area contributed by atoms with E-state index < -0.39 is 43.3 Å². The molecule has 1 aliphatic rings. The van der Waals surface area contributed by atoms with Gasteiger partial charge in [0.15, 0.2) is 0 Å². The minimum absolute atomic E-state index is 0.112. The summed E-state index contributed by atoms with van der Waals surface area (Å²) in [7, 11) is 0. The maximum Gasteiger partial charge on any atom is 0.271 e. The van der Waals surface area contributed by atoms with Crippen LogP contribution in [0.2, 0.25) is 0 Å². The Bertz CT molecular complexity index is 1320. The number of nitrogens with zero attached hydrogens (tertiary/aromatic N) is 3. The number of thiazole rings is 1. The van der Waals surface area contributed by atoms with Crippen LogP contribution in [0.5, 0.6) is 0 Å². The number of anilines is 1. The number of halogens is 2. The number of rotatable bonds is 8. The van der Waals surface area contributed by atoms with E-state index in [9.17, 15) is 23.2 Å². The van der Waals surface area contributed by atoms with E-state index in [-0.39, 0.29) is 18.0 Å². The van der Waals surface area contributed by atoms with Crippen LogP contribution in [0.4, 0.5) is 14.5 Å². The maximum atomic E-state index is 13.5. The molecule has 0 spiro atoms. The molecule has 1 fully saturated rings. The normalized spacial score (nSPS) is 16.1. The number of hydrogen-bond acceptors (Lipinski definition) is 6. The molecule has 3 amide bonds. The number of aromatic nitrogens is 1. The van der Waals surface area contributed by atoms with Gasteiger partial charge in [-0.2, -0.15) is 5.26 Å². The average Bonchev–Trinajstić information content (AvgIpc) is 3.47. The molecule has 0 radical (unpaired) electrons. The van der Waals surface area contributed by atoms with Gasteiger partial charge in [-0.1, -0.05) is 42.5 Å². The summed E-state index contributed by atoms with van der Waals surface area (Å²) in [4.78, 5) is 42.0. The van der Waals surface area contributed by atoms with E-state index in [0.717, 1.165) is 16.0 Å². The number of carbonyl (C=O) groups excluding carboxylic acids is 3. The summed E-state index contributed by atoms with van der Waals surface area (Å²) in [6.07, 6.45) is 0.0308. The first-order chi connectivity index (χ1) is 17.7. The quantitative estimate of drug-likeness (QED) is 0.470. The van der Waals surface area contributed by atoms with Crippen LogP contribution in [0.25, 0.3) is 0 Å². The van der Waals surface area contributed by atoms with E-state index in [1.807, 2.05) is 42.5 Å². The first-order valence-electron chi connectivity index (χ1n) is 11.4. The highest BCUT2D eigenvalue weighted by Crippen LogP contribution is 2.31. The molecule has 2 heterocycles. The number of alkyl halides is 2. The lowest BCUT2D eigenvalue weighted by molar-refractivity contribution is -0.131. The number of benzene rings is 2. The number of likely N-dealkylation sites (tertiary alicyclic amines) is 1. The van der Waals surface area contributed by atoms with Crippen LogP contribution >= 0.6 is 11.3 Å². The Balaban J connectivity index is 1.26. The SMILES string of the molecule is N#C[C@@H]1CC(F)(F)CN1C(=O)CNC(=O)c1csc(Cc2ccc(NC(=O)Cc3ccccc3)cc2)n1. The van der Waals surface area contributed by atoms with Gasteiger partial charge in [-0.15, -0.1) is 11.3 Å². The molecule has 0 aliphatic carbocycles. The molecular formula is C26H23F2N5O3S. The van der Waals surface area contributed by atoms with Gasteiger partial charge in [0, 0.05) is 23.9 Å². The van der Waals surface area contributed by atoms with Crippen LogP contribution in [0, 0.1) is 11.3 Å². The number of nitriles is 1. The highest BCUT2D eigenvalue weighted by atomic mass is 32.1. The molecule has 1 aromatic heterocycles. The first kappa shape index (κ1) is 25.9. The summed E-state index contributed by atoms with van der Waals surface area (Å²) in [5.41, 5.74) is 2.63. The second-order valence-corrected chi connectivity index (χ2v) is 9.56. The highest BCUT2D eigenvalue weighted by molar-refractivity contribution is 7.09. The van der Waals surface area contributed by atoms with Crippen molar-refractivity contribution in [1.29, 1.82) is 5.26 Å². The molecule has 190 valence electrons. The molecule has 3 aromatic rings. The average molecular weight is 524 g/mol. The van der Waals surface area contributed by atoms with E-state index in [2.05, 4.69) is 15.6 Å². The summed E-state index contributed by atoms with van der Waals surface area (Å²) < 4.78 is 27.1. The van der Waals surface area contributed by atoms with Crippen LogP contribution in [-0.2, 0) is 22.4 Å². The smallest absolute Gasteiger partial charge is 0.271 e. The molecule has 1 saturated heterocycles. The molecule has 1 atom stereocenters. The van der Waals surface area contributed by atoms with E-state index >= 15 is 0 Å². The number of nitrogens with one attached hydrogen (secondary N) is 2. The molecule has 37 heavy (non-hydrogen) atoms. The number of hydrogen-bond donors (Lipinski definition) is 2. The molecule has 1 aliphatic heterocycles. The lowest BCUT2D eigenvalue weighted by Crippen LogP contribution is -2.43. The Morgan fingerprint density at radius 2 is 1.84 bits per heavy atom. The van der Waals surface area contributed by atoms with Gasteiger partial charge in [0.2, 0.25) is 11.8 Å². The van der Waals surface area contributed by atoms with Crippen molar-refractivity contribution >= 4 is 34.7 Å². The van der Waals surface area contributed by atoms with Gasteiger partial charge in [-0.05, 0) is 23.3 Å². The largest absolute Gasteiger partial charge is 0.342 e. The fourth-order valence-electron chi connectivity index (χ4n) is 3.91. The third-order valence-corrected chi connectivity index (χ3v) is 6.57. The van der Waals surface area contributed by atoms with Crippen molar-refractivity contribution in [3.8, 4) is 6.07 Å². The van der Waals surface area contributed by atoms with Crippen LogP contribution < -0.4 is 10.6 Å². The Hall–Kier alpha value is -4.17. The van der Waals surface area contributed by atoms with Gasteiger partial charge in [-0.25, -0.2) is 13.8 Å². The monoisotopic (exact) mass is 523 g/mol. The van der Waals surface area contributed by atoms with Gasteiger partial charge >= 0.3 is 0 Å². The van der Waals surface area contributed by atoms with Crippen LogP contribution in [0.3, 0.4) is 0 Å². The molecule has 11 heteroatoms. The Morgan fingerprint density at radius 1 is 1.11 bits per heavy atom. The minimum Gasteiger partial charge on any atom is -0.342 e. The van der Waals surface area contributed by atoms with Crippen LogP contribution in [-0.4, -0.2) is 52.7 Å². The second-order valence-electron chi connectivity index (χ2n) is 8.62. The topological polar surface area (TPSA) is 115 Å². The van der Waals surface area contributed by atoms with E-state index in [1.54, 1.807) is 23.6 Å². The fraction of sp³-hybridized carbons (Fsp3) is 0.269. The zero-order valence-corrected chi connectivity index (χ0v) is 20.4. The van der Waals surface area contributed by atoms with Gasteiger partial charge in [0.25, 0.3) is 11.8 Å². The van der Waals surface area contributed by atoms with E-state index in [1.165, 1.54) is 11.3 Å². The Morgan fingerprint density at radius 3 is 2.54 bits per heavy atom. The van der Waals surface area contributed by atoms with Crippen molar-refractivity contribution in [3.05, 3.63) is 81.8 Å². The zero-order valence-electron chi connectivity index (χ0n) is 19.6. The third-order valence-electron chi connectivity index (χ3n) is 5.72. The molecular weight excluding hydrogens is 500 g/mol. The summed E-state index contributed by atoms with van der Waals surface area (Å²) in [5, 5.41) is 16.5. The van der Waals surface area contributed by atoms with E-state index in [0.29, 0.717) is 17.1 Å². The van der Waals surface area contributed by atoms with Crippen molar-refractivity contribution in [2.75, 3.05) is 18.4 Å². The van der Waals surface area contributed by atoms with Crippen molar-refractivity contribution in [2.45, 2.75) is 31.2 Å². The lowest BCUT2D eigenvalue weighted by Gasteiger charge is -2.19.